The van der Waals surface area contributed by atoms with Crippen LogP contribution in [0.4, 0.5) is 5.69 Å². The Bertz CT molecular complexity index is 1710. The number of guanidine groups is 1. The first-order valence-electron chi connectivity index (χ1n) is 9.54. The second kappa shape index (κ2) is 9.14. The number of nitriles is 1. The number of rotatable bonds is 4. The van der Waals surface area contributed by atoms with Crippen LogP contribution >= 0.6 is 22.9 Å². The number of nitrogens with zero attached hydrogens (tertiary/aromatic N) is 3. The Kier molecular flexibility index (Phi) is 6.25. The highest BCUT2D eigenvalue weighted by atomic mass is 35.5. The number of sulfonamides is 1. The molecule has 4 aromatic rings. The highest BCUT2D eigenvalue weighted by Crippen LogP contribution is 2.25. The lowest BCUT2D eigenvalue weighted by Gasteiger charge is -2.13. The van der Waals surface area contributed by atoms with E-state index in [0.717, 1.165) is 15.9 Å². The van der Waals surface area contributed by atoms with Gasteiger partial charge >= 0.3 is 5.69 Å². The summed E-state index contributed by atoms with van der Waals surface area (Å²) in [6.45, 7) is 0. The van der Waals surface area contributed by atoms with Gasteiger partial charge in [0, 0.05) is 12.7 Å². The zero-order chi connectivity index (χ0) is 24.5. The van der Waals surface area contributed by atoms with Gasteiger partial charge in [-0.3, -0.25) is 9.79 Å². The monoisotopic (exact) mass is 514 g/mol. The zero-order valence-corrected chi connectivity index (χ0v) is 19.8. The van der Waals surface area contributed by atoms with Crippen LogP contribution in [0, 0.1) is 11.3 Å². The fourth-order valence-electron chi connectivity index (χ4n) is 3.16. The van der Waals surface area contributed by atoms with Crippen LogP contribution < -0.4 is 21.3 Å². The quantitative estimate of drug-likeness (QED) is 0.281. The smallest absolute Gasteiger partial charge is 0.326 e. The van der Waals surface area contributed by atoms with Crippen LogP contribution in [0.25, 0.3) is 16.6 Å². The molecule has 0 saturated carbocycles. The maximum absolute atomic E-state index is 12.9. The van der Waals surface area contributed by atoms with E-state index in [9.17, 15) is 23.3 Å². The molecule has 0 unspecified atom stereocenters. The fraction of sp³-hybridized carbons (Fsp3) is 0.0476. The molecule has 0 atom stereocenters. The molecule has 0 saturated heterocycles. The van der Waals surface area contributed by atoms with E-state index in [1.165, 1.54) is 37.4 Å². The lowest BCUT2D eigenvalue weighted by molar-refractivity contribution is 0.594. The molecule has 0 aliphatic heterocycles. The van der Waals surface area contributed by atoms with Crippen molar-refractivity contribution in [3.63, 3.8) is 0 Å². The van der Waals surface area contributed by atoms with Crippen LogP contribution in [0.15, 0.2) is 73.4 Å². The molecular formula is C21H15ClN6O4S2. The van der Waals surface area contributed by atoms with Crippen LogP contribution in [-0.4, -0.2) is 31.0 Å². The van der Waals surface area contributed by atoms with Crippen LogP contribution in [0.2, 0.25) is 4.34 Å². The number of hydrogen-bond acceptors (Lipinski definition) is 7. The van der Waals surface area contributed by atoms with E-state index in [-0.39, 0.29) is 26.8 Å². The average molecular weight is 515 g/mol. The number of anilines is 1. The normalized spacial score (nSPS) is 11.9. The molecule has 2 aromatic carbocycles. The third-order valence-electron chi connectivity index (χ3n) is 4.69. The first-order chi connectivity index (χ1) is 16.2. The molecule has 2 aromatic heterocycles. The standard InChI is InChI=1S/C21H15ClN6O4S2/c1-24-20(27-34(31,32)18-9-8-17(22)33-18)25-13-6-7-16(12(10-13)11-23)28-19(29)14-4-2-3-5-15(14)26-21(28)30/h2-10H,1H3,(H,26,30)(H2,24,25,27). The van der Waals surface area contributed by atoms with Crippen molar-refractivity contribution in [3.8, 4) is 11.8 Å². The summed E-state index contributed by atoms with van der Waals surface area (Å²) < 4.78 is 28.6. The van der Waals surface area contributed by atoms with E-state index in [4.69, 9.17) is 11.6 Å². The number of H-pyrrole nitrogens is 1. The lowest BCUT2D eigenvalue weighted by Crippen LogP contribution is -2.36. The van der Waals surface area contributed by atoms with Gasteiger partial charge in [0.1, 0.15) is 10.3 Å². The van der Waals surface area contributed by atoms with Crippen LogP contribution in [0.3, 0.4) is 0 Å². The summed E-state index contributed by atoms with van der Waals surface area (Å²) in [7, 11) is -2.56. The van der Waals surface area contributed by atoms with E-state index in [0.29, 0.717) is 15.5 Å². The second-order valence-corrected chi connectivity index (χ2v) is 10.4. The van der Waals surface area contributed by atoms with Crippen LogP contribution in [0.1, 0.15) is 5.56 Å². The number of nitrogens with one attached hydrogen (secondary N) is 3. The summed E-state index contributed by atoms with van der Waals surface area (Å²) in [5, 5.41) is 12.7. The number of aromatic nitrogens is 2. The Morgan fingerprint density at radius 2 is 1.94 bits per heavy atom. The molecule has 0 bridgehead atoms. The van der Waals surface area contributed by atoms with Crippen molar-refractivity contribution < 1.29 is 8.42 Å². The van der Waals surface area contributed by atoms with Crippen molar-refractivity contribution in [2.45, 2.75) is 4.21 Å². The average Bonchev–Trinajstić information content (AvgIpc) is 3.26. The molecule has 0 spiro atoms. The highest BCUT2D eigenvalue weighted by molar-refractivity contribution is 7.92. The lowest BCUT2D eigenvalue weighted by atomic mass is 10.1. The van der Waals surface area contributed by atoms with Gasteiger partial charge in [-0.1, -0.05) is 23.7 Å². The van der Waals surface area contributed by atoms with E-state index < -0.39 is 21.3 Å². The van der Waals surface area contributed by atoms with Crippen LogP contribution in [-0.2, 0) is 10.0 Å². The Labute approximate surface area is 201 Å². The minimum absolute atomic E-state index is 0.00316. The Balaban J connectivity index is 1.68. The van der Waals surface area contributed by atoms with Gasteiger partial charge in [-0.15, -0.1) is 11.3 Å². The number of aromatic amines is 1. The Morgan fingerprint density at radius 3 is 2.62 bits per heavy atom. The van der Waals surface area contributed by atoms with Gasteiger partial charge in [0.05, 0.1) is 26.5 Å². The highest BCUT2D eigenvalue weighted by Gasteiger charge is 2.19. The molecule has 0 fully saturated rings. The minimum atomic E-state index is -3.93. The fourth-order valence-corrected chi connectivity index (χ4v) is 5.65. The number of benzene rings is 2. The maximum Gasteiger partial charge on any atom is 0.333 e. The molecule has 4 rings (SSSR count). The van der Waals surface area contributed by atoms with Gasteiger partial charge in [-0.25, -0.2) is 22.5 Å². The molecule has 10 nitrogen and oxygen atoms in total. The molecule has 3 N–H and O–H groups in total. The van der Waals surface area contributed by atoms with Crippen molar-refractivity contribution in [2.24, 2.45) is 4.99 Å². The topological polar surface area (TPSA) is 149 Å². The molecule has 0 radical (unpaired) electrons. The summed E-state index contributed by atoms with van der Waals surface area (Å²) in [6, 6.07) is 15.6. The predicted molar refractivity (Wildman–Crippen MR) is 132 cm³/mol. The first-order valence-corrected chi connectivity index (χ1v) is 12.2. The summed E-state index contributed by atoms with van der Waals surface area (Å²) in [6.07, 6.45) is 0. The molecule has 0 aliphatic carbocycles. The zero-order valence-electron chi connectivity index (χ0n) is 17.4. The number of hydrogen-bond donors (Lipinski definition) is 3. The Hall–Kier alpha value is -3.92. The van der Waals surface area contributed by atoms with Gasteiger partial charge in [-0.2, -0.15) is 5.26 Å². The van der Waals surface area contributed by atoms with Crippen molar-refractivity contribution in [3.05, 3.63) is 85.3 Å². The number of aliphatic imine (C=N–C) groups is 1. The van der Waals surface area contributed by atoms with E-state index in [1.54, 1.807) is 24.3 Å². The number of thiophene rings is 1. The van der Waals surface area contributed by atoms with Crippen molar-refractivity contribution in [2.75, 3.05) is 12.4 Å². The Morgan fingerprint density at radius 1 is 1.18 bits per heavy atom. The number of halogens is 1. The summed E-state index contributed by atoms with van der Waals surface area (Å²) >= 11 is 6.71. The SMILES string of the molecule is CN=C(Nc1ccc(-n2c(=O)[nH]c3ccccc3c2=O)c(C#N)c1)NS(=O)(=O)c1ccc(Cl)s1. The van der Waals surface area contributed by atoms with Crippen LogP contribution in [0.5, 0.6) is 0 Å². The van der Waals surface area contributed by atoms with Gasteiger partial charge < -0.3 is 10.3 Å². The molecular weight excluding hydrogens is 500 g/mol. The second-order valence-electron chi connectivity index (χ2n) is 6.82. The molecule has 172 valence electrons. The van der Waals surface area contributed by atoms with E-state index in [2.05, 4.69) is 20.0 Å². The third kappa shape index (κ3) is 4.44. The van der Waals surface area contributed by atoms with E-state index >= 15 is 0 Å². The molecule has 2 heterocycles. The molecule has 34 heavy (non-hydrogen) atoms. The predicted octanol–water partition coefficient (Wildman–Crippen LogP) is 2.64. The third-order valence-corrected chi connectivity index (χ3v) is 7.76. The minimum Gasteiger partial charge on any atom is -0.326 e. The first kappa shape index (κ1) is 23.2. The van der Waals surface area contributed by atoms with Gasteiger partial charge in [0.15, 0.2) is 0 Å². The van der Waals surface area contributed by atoms with Crippen molar-refractivity contribution in [1.82, 2.24) is 14.3 Å². The number of para-hydroxylation sites is 1. The maximum atomic E-state index is 12.9. The largest absolute Gasteiger partial charge is 0.333 e. The molecule has 0 amide bonds. The van der Waals surface area contributed by atoms with Gasteiger partial charge in [0.25, 0.3) is 15.6 Å². The van der Waals surface area contributed by atoms with E-state index in [1.807, 2.05) is 6.07 Å². The van der Waals surface area contributed by atoms with Crippen molar-refractivity contribution in [1.29, 1.82) is 5.26 Å². The van der Waals surface area contributed by atoms with Crippen molar-refractivity contribution >= 4 is 55.5 Å². The van der Waals surface area contributed by atoms with Gasteiger partial charge in [-0.05, 0) is 42.5 Å². The molecule has 0 aliphatic rings. The summed E-state index contributed by atoms with van der Waals surface area (Å²) in [4.78, 5) is 32.1. The summed E-state index contributed by atoms with van der Waals surface area (Å²) in [5.41, 5.74) is -0.495. The summed E-state index contributed by atoms with van der Waals surface area (Å²) in [5.74, 6) is -0.109. The molecule has 13 heteroatoms. The number of fused-ring (bicyclic) bond motifs is 1. The van der Waals surface area contributed by atoms with Gasteiger partial charge in [0.2, 0.25) is 5.96 Å².